The standard InChI is InChI=1S/C21H19ClF3N3O/c22-16-5-1-2-6-17(16)27-18(13-19(26)21(23,24)25)14-7-9-15(10-8-14)20(29)28-11-3-4-12-28/h1-2,5-10,13H,3-4,11-12,26H2. The quantitative estimate of drug-likeness (QED) is 0.698. The van der Waals surface area contributed by atoms with Gasteiger partial charge in [-0.1, -0.05) is 35.9 Å². The molecular weight excluding hydrogens is 403 g/mol. The molecule has 1 fully saturated rings. The Labute approximate surface area is 171 Å². The number of allylic oxidation sites excluding steroid dienone is 2. The molecule has 2 aromatic carbocycles. The molecule has 0 atom stereocenters. The van der Waals surface area contributed by atoms with Gasteiger partial charge >= 0.3 is 6.18 Å². The van der Waals surface area contributed by atoms with Crippen molar-refractivity contribution in [3.05, 3.63) is 76.5 Å². The summed E-state index contributed by atoms with van der Waals surface area (Å²) in [5.74, 6) is -0.0935. The summed E-state index contributed by atoms with van der Waals surface area (Å²) in [5, 5.41) is 0.296. The third-order valence-electron chi connectivity index (χ3n) is 4.53. The second kappa shape index (κ2) is 8.69. The van der Waals surface area contributed by atoms with Gasteiger partial charge in [0.25, 0.3) is 5.91 Å². The number of amides is 1. The van der Waals surface area contributed by atoms with Gasteiger partial charge in [-0.25, -0.2) is 4.99 Å². The maximum absolute atomic E-state index is 13.0. The van der Waals surface area contributed by atoms with Crippen LogP contribution in [0.2, 0.25) is 5.02 Å². The maximum atomic E-state index is 13.0. The lowest BCUT2D eigenvalue weighted by Crippen LogP contribution is -2.27. The van der Waals surface area contributed by atoms with E-state index in [1.165, 1.54) is 0 Å². The van der Waals surface area contributed by atoms with Crippen molar-refractivity contribution < 1.29 is 18.0 Å². The number of likely N-dealkylation sites (tertiary alicyclic amines) is 1. The first-order valence-corrected chi connectivity index (χ1v) is 9.41. The van der Waals surface area contributed by atoms with E-state index in [2.05, 4.69) is 4.99 Å². The zero-order valence-corrected chi connectivity index (χ0v) is 16.2. The Balaban J connectivity index is 1.98. The van der Waals surface area contributed by atoms with Crippen LogP contribution in [0.15, 0.2) is 65.3 Å². The molecule has 1 saturated heterocycles. The van der Waals surface area contributed by atoms with Crippen LogP contribution in [0.5, 0.6) is 0 Å². The van der Waals surface area contributed by atoms with Crippen molar-refractivity contribution in [1.82, 2.24) is 4.90 Å². The largest absolute Gasteiger partial charge is 0.430 e. The Morgan fingerprint density at radius 3 is 2.21 bits per heavy atom. The predicted molar refractivity (Wildman–Crippen MR) is 108 cm³/mol. The number of benzene rings is 2. The molecule has 1 heterocycles. The fourth-order valence-electron chi connectivity index (χ4n) is 2.97. The van der Waals surface area contributed by atoms with Crippen molar-refractivity contribution in [1.29, 1.82) is 0 Å². The molecule has 0 radical (unpaired) electrons. The first-order valence-electron chi connectivity index (χ1n) is 9.03. The van der Waals surface area contributed by atoms with E-state index in [4.69, 9.17) is 17.3 Å². The third kappa shape index (κ3) is 5.17. The monoisotopic (exact) mass is 421 g/mol. The van der Waals surface area contributed by atoms with Crippen LogP contribution in [0, 0.1) is 0 Å². The van der Waals surface area contributed by atoms with Crippen molar-refractivity contribution in [3.8, 4) is 0 Å². The van der Waals surface area contributed by atoms with Crippen LogP contribution in [0.1, 0.15) is 28.8 Å². The highest BCUT2D eigenvalue weighted by Crippen LogP contribution is 2.27. The number of carbonyl (C=O) groups is 1. The number of nitrogens with two attached hydrogens (primary N) is 1. The Kier molecular flexibility index (Phi) is 6.27. The molecule has 0 spiro atoms. The molecule has 0 aromatic heterocycles. The van der Waals surface area contributed by atoms with E-state index in [1.54, 1.807) is 53.4 Å². The fourth-order valence-corrected chi connectivity index (χ4v) is 3.15. The van der Waals surface area contributed by atoms with Crippen LogP contribution in [-0.4, -0.2) is 35.8 Å². The molecule has 4 nitrogen and oxygen atoms in total. The summed E-state index contributed by atoms with van der Waals surface area (Å²) in [6.07, 6.45) is -1.98. The van der Waals surface area contributed by atoms with Gasteiger partial charge in [-0.2, -0.15) is 13.2 Å². The molecule has 3 rings (SSSR count). The lowest BCUT2D eigenvalue weighted by molar-refractivity contribution is -0.0925. The van der Waals surface area contributed by atoms with Crippen LogP contribution >= 0.6 is 11.6 Å². The summed E-state index contributed by atoms with van der Waals surface area (Å²) in [5.41, 5.74) is 5.09. The average molecular weight is 422 g/mol. The summed E-state index contributed by atoms with van der Waals surface area (Å²) in [7, 11) is 0. The number of aliphatic imine (C=N–C) groups is 1. The molecule has 2 aromatic rings. The van der Waals surface area contributed by atoms with Crippen molar-refractivity contribution in [2.45, 2.75) is 19.0 Å². The van der Waals surface area contributed by atoms with Crippen LogP contribution < -0.4 is 5.73 Å². The van der Waals surface area contributed by atoms with Gasteiger partial charge in [0.1, 0.15) is 5.70 Å². The number of para-hydroxylation sites is 1. The summed E-state index contributed by atoms with van der Waals surface area (Å²) < 4.78 is 38.9. The van der Waals surface area contributed by atoms with E-state index in [0.29, 0.717) is 34.9 Å². The number of carbonyl (C=O) groups excluding carboxylic acids is 1. The Hall–Kier alpha value is -2.80. The number of hydrogen-bond acceptors (Lipinski definition) is 3. The lowest BCUT2D eigenvalue weighted by atomic mass is 10.1. The van der Waals surface area contributed by atoms with E-state index in [9.17, 15) is 18.0 Å². The molecule has 0 saturated carbocycles. The van der Waals surface area contributed by atoms with Gasteiger partial charge in [-0.3, -0.25) is 4.79 Å². The van der Waals surface area contributed by atoms with E-state index < -0.39 is 11.9 Å². The highest BCUT2D eigenvalue weighted by molar-refractivity contribution is 6.33. The minimum absolute atomic E-state index is 0.00639. The SMILES string of the molecule is NC(=CC(=Nc1ccccc1Cl)c1ccc(C(=O)N2CCCC2)cc1)C(F)(F)F. The molecule has 152 valence electrons. The molecular formula is C21H19ClF3N3O. The minimum atomic E-state index is -4.69. The van der Waals surface area contributed by atoms with Crippen molar-refractivity contribution >= 4 is 28.9 Å². The van der Waals surface area contributed by atoms with Crippen molar-refractivity contribution in [2.75, 3.05) is 13.1 Å². The summed E-state index contributed by atoms with van der Waals surface area (Å²) >= 11 is 6.09. The van der Waals surface area contributed by atoms with Crippen LogP contribution in [-0.2, 0) is 0 Å². The van der Waals surface area contributed by atoms with E-state index in [1.807, 2.05) is 0 Å². The van der Waals surface area contributed by atoms with Gasteiger partial charge in [0, 0.05) is 24.2 Å². The lowest BCUT2D eigenvalue weighted by Gasteiger charge is -2.15. The maximum Gasteiger partial charge on any atom is 0.430 e. The molecule has 0 unspecified atom stereocenters. The smallest absolute Gasteiger partial charge is 0.395 e. The predicted octanol–water partition coefficient (Wildman–Crippen LogP) is 5.10. The first kappa shape index (κ1) is 20.9. The molecule has 1 aliphatic rings. The van der Waals surface area contributed by atoms with E-state index >= 15 is 0 Å². The molecule has 1 aliphatic heterocycles. The first-order chi connectivity index (χ1) is 13.8. The van der Waals surface area contributed by atoms with Crippen molar-refractivity contribution in [3.63, 3.8) is 0 Å². The van der Waals surface area contributed by atoms with Crippen LogP contribution in [0.25, 0.3) is 0 Å². The molecule has 2 N–H and O–H groups in total. The van der Waals surface area contributed by atoms with Crippen molar-refractivity contribution in [2.24, 2.45) is 10.7 Å². The molecule has 1 amide bonds. The number of hydrogen-bond donors (Lipinski definition) is 1. The number of halogens is 4. The van der Waals surface area contributed by atoms with E-state index in [0.717, 1.165) is 18.9 Å². The van der Waals surface area contributed by atoms with E-state index in [-0.39, 0.29) is 11.6 Å². The normalized spacial score (nSPS) is 15.7. The molecule has 8 heteroatoms. The topological polar surface area (TPSA) is 58.7 Å². The summed E-state index contributed by atoms with van der Waals surface area (Å²) in [6, 6.07) is 12.8. The third-order valence-corrected chi connectivity index (χ3v) is 4.85. The van der Waals surface area contributed by atoms with Gasteiger partial charge in [-0.15, -0.1) is 0 Å². The number of nitrogens with zero attached hydrogens (tertiary/aromatic N) is 2. The highest BCUT2D eigenvalue weighted by atomic mass is 35.5. The average Bonchev–Trinajstić information content (AvgIpc) is 3.22. The second-order valence-electron chi connectivity index (χ2n) is 6.62. The number of rotatable bonds is 4. The molecule has 0 aliphatic carbocycles. The van der Waals surface area contributed by atoms with Gasteiger partial charge in [0.05, 0.1) is 16.4 Å². The fraction of sp³-hybridized carbons (Fsp3) is 0.238. The Morgan fingerprint density at radius 2 is 1.62 bits per heavy atom. The second-order valence-corrected chi connectivity index (χ2v) is 7.03. The summed E-state index contributed by atoms with van der Waals surface area (Å²) in [4.78, 5) is 18.5. The zero-order chi connectivity index (χ0) is 21.0. The van der Waals surface area contributed by atoms with Crippen LogP contribution in [0.3, 0.4) is 0 Å². The van der Waals surface area contributed by atoms with Gasteiger partial charge in [0.2, 0.25) is 0 Å². The Bertz CT molecular complexity index is 946. The highest BCUT2D eigenvalue weighted by Gasteiger charge is 2.31. The molecule has 0 bridgehead atoms. The van der Waals surface area contributed by atoms with Crippen LogP contribution in [0.4, 0.5) is 18.9 Å². The van der Waals surface area contributed by atoms with Gasteiger partial charge in [0.15, 0.2) is 0 Å². The van der Waals surface area contributed by atoms with Gasteiger partial charge < -0.3 is 10.6 Å². The summed E-state index contributed by atoms with van der Waals surface area (Å²) in [6.45, 7) is 1.43. The molecule has 29 heavy (non-hydrogen) atoms. The Morgan fingerprint density at radius 1 is 1.03 bits per heavy atom. The zero-order valence-electron chi connectivity index (χ0n) is 15.4. The van der Waals surface area contributed by atoms with Gasteiger partial charge in [-0.05, 0) is 43.2 Å². The number of alkyl halides is 3. The minimum Gasteiger partial charge on any atom is -0.395 e.